The molecule has 1 heteroatoms. The van der Waals surface area contributed by atoms with Crippen molar-refractivity contribution in [3.8, 4) is 0 Å². The molecule has 0 spiro atoms. The van der Waals surface area contributed by atoms with Crippen LogP contribution in [0, 0.1) is 0 Å². The van der Waals surface area contributed by atoms with Gasteiger partial charge in [-0.3, -0.25) is 4.90 Å². The molecular formula is C9H17N. The third-order valence-corrected chi connectivity index (χ3v) is 3.30. The van der Waals surface area contributed by atoms with E-state index in [4.69, 9.17) is 0 Å². The maximum absolute atomic E-state index is 2.67. The SMILES string of the molecule is CC1(N2CCC2)CCCC1. The number of nitrogens with zero attached hydrogens (tertiary/aromatic N) is 1. The minimum atomic E-state index is 0.623. The van der Waals surface area contributed by atoms with Crippen LogP contribution in [0.25, 0.3) is 0 Å². The van der Waals surface area contributed by atoms with Crippen molar-refractivity contribution in [1.29, 1.82) is 0 Å². The van der Waals surface area contributed by atoms with Crippen molar-refractivity contribution < 1.29 is 0 Å². The highest BCUT2D eigenvalue weighted by Gasteiger charge is 2.37. The number of rotatable bonds is 1. The Balaban J connectivity index is 1.98. The Kier molecular flexibility index (Phi) is 1.48. The van der Waals surface area contributed by atoms with Gasteiger partial charge in [0.25, 0.3) is 0 Å². The molecule has 1 nitrogen and oxygen atoms in total. The van der Waals surface area contributed by atoms with Gasteiger partial charge in [0.05, 0.1) is 0 Å². The Bertz CT molecular complexity index is 121. The summed E-state index contributed by atoms with van der Waals surface area (Å²) >= 11 is 0. The van der Waals surface area contributed by atoms with Crippen molar-refractivity contribution in [2.75, 3.05) is 13.1 Å². The van der Waals surface area contributed by atoms with E-state index in [0.717, 1.165) is 0 Å². The molecule has 1 aliphatic heterocycles. The molecule has 2 fully saturated rings. The maximum atomic E-state index is 2.67. The minimum absolute atomic E-state index is 0.623. The Morgan fingerprint density at radius 1 is 1.00 bits per heavy atom. The average molecular weight is 139 g/mol. The van der Waals surface area contributed by atoms with Crippen LogP contribution in [0.1, 0.15) is 39.0 Å². The van der Waals surface area contributed by atoms with E-state index in [1.165, 1.54) is 45.2 Å². The van der Waals surface area contributed by atoms with Gasteiger partial charge in [-0.1, -0.05) is 12.8 Å². The molecule has 0 amide bonds. The van der Waals surface area contributed by atoms with E-state index in [-0.39, 0.29) is 0 Å². The first-order valence-electron chi connectivity index (χ1n) is 4.56. The van der Waals surface area contributed by atoms with E-state index >= 15 is 0 Å². The van der Waals surface area contributed by atoms with E-state index in [2.05, 4.69) is 11.8 Å². The average Bonchev–Trinajstić information content (AvgIpc) is 2.09. The van der Waals surface area contributed by atoms with E-state index in [9.17, 15) is 0 Å². The summed E-state index contributed by atoms with van der Waals surface area (Å²) in [5.41, 5.74) is 0.623. The minimum Gasteiger partial charge on any atom is -0.298 e. The molecule has 2 aliphatic rings. The largest absolute Gasteiger partial charge is 0.298 e. The summed E-state index contributed by atoms with van der Waals surface area (Å²) < 4.78 is 0. The smallest absolute Gasteiger partial charge is 0.0181 e. The van der Waals surface area contributed by atoms with Crippen LogP contribution in [0.5, 0.6) is 0 Å². The van der Waals surface area contributed by atoms with Crippen LogP contribution in [0.15, 0.2) is 0 Å². The van der Waals surface area contributed by atoms with Crippen LogP contribution in [-0.4, -0.2) is 23.5 Å². The molecule has 0 atom stereocenters. The van der Waals surface area contributed by atoms with Crippen molar-refractivity contribution in [3.05, 3.63) is 0 Å². The van der Waals surface area contributed by atoms with Crippen molar-refractivity contribution in [3.63, 3.8) is 0 Å². The summed E-state index contributed by atoms with van der Waals surface area (Å²) in [6.45, 7) is 5.19. The second kappa shape index (κ2) is 2.23. The van der Waals surface area contributed by atoms with Crippen molar-refractivity contribution >= 4 is 0 Å². The molecule has 0 N–H and O–H groups in total. The quantitative estimate of drug-likeness (QED) is 0.537. The van der Waals surface area contributed by atoms with Gasteiger partial charge in [-0.25, -0.2) is 0 Å². The molecular weight excluding hydrogens is 122 g/mol. The summed E-state index contributed by atoms with van der Waals surface area (Å²) in [5, 5.41) is 0. The van der Waals surface area contributed by atoms with Gasteiger partial charge in [0.15, 0.2) is 0 Å². The van der Waals surface area contributed by atoms with E-state index in [1.54, 1.807) is 0 Å². The van der Waals surface area contributed by atoms with Crippen molar-refractivity contribution in [2.45, 2.75) is 44.6 Å². The first-order valence-corrected chi connectivity index (χ1v) is 4.56. The highest BCUT2D eigenvalue weighted by atomic mass is 15.2. The standard InChI is InChI=1S/C9H17N/c1-9(5-2-3-6-9)10-7-4-8-10/h2-8H2,1H3. The summed E-state index contributed by atoms with van der Waals surface area (Å²) in [5.74, 6) is 0. The third kappa shape index (κ3) is 0.878. The normalized spacial score (nSPS) is 32.1. The zero-order valence-corrected chi connectivity index (χ0v) is 6.90. The highest BCUT2D eigenvalue weighted by Crippen LogP contribution is 2.37. The second-order valence-electron chi connectivity index (χ2n) is 4.04. The topological polar surface area (TPSA) is 3.24 Å². The molecule has 0 bridgehead atoms. The lowest BCUT2D eigenvalue weighted by Crippen LogP contribution is -2.51. The van der Waals surface area contributed by atoms with Crippen LogP contribution in [0.4, 0.5) is 0 Å². The van der Waals surface area contributed by atoms with Crippen LogP contribution < -0.4 is 0 Å². The van der Waals surface area contributed by atoms with Crippen LogP contribution in [0.2, 0.25) is 0 Å². The second-order valence-corrected chi connectivity index (χ2v) is 4.04. The number of likely N-dealkylation sites (tertiary alicyclic amines) is 1. The first kappa shape index (κ1) is 6.66. The van der Waals surface area contributed by atoms with Gasteiger partial charge in [-0.2, -0.15) is 0 Å². The van der Waals surface area contributed by atoms with Crippen LogP contribution >= 0.6 is 0 Å². The summed E-state index contributed by atoms with van der Waals surface area (Å²) in [6, 6.07) is 0. The number of hydrogen-bond donors (Lipinski definition) is 0. The fourth-order valence-corrected chi connectivity index (χ4v) is 2.31. The zero-order chi connectivity index (χ0) is 7.03. The van der Waals surface area contributed by atoms with Gasteiger partial charge in [0.2, 0.25) is 0 Å². The van der Waals surface area contributed by atoms with Gasteiger partial charge in [0.1, 0.15) is 0 Å². The maximum Gasteiger partial charge on any atom is 0.0181 e. The summed E-state index contributed by atoms with van der Waals surface area (Å²) in [6.07, 6.45) is 7.27. The lowest BCUT2D eigenvalue weighted by molar-refractivity contribution is 0.0469. The molecule has 58 valence electrons. The molecule has 0 aromatic carbocycles. The Morgan fingerprint density at radius 3 is 2.00 bits per heavy atom. The molecule has 1 aliphatic carbocycles. The van der Waals surface area contributed by atoms with Gasteiger partial charge in [0, 0.05) is 5.54 Å². The van der Waals surface area contributed by atoms with Gasteiger partial charge in [-0.05, 0) is 39.3 Å². The molecule has 10 heavy (non-hydrogen) atoms. The summed E-state index contributed by atoms with van der Waals surface area (Å²) in [7, 11) is 0. The molecule has 0 aromatic heterocycles. The monoisotopic (exact) mass is 139 g/mol. The lowest BCUT2D eigenvalue weighted by Gasteiger charge is -2.44. The molecule has 0 aromatic rings. The van der Waals surface area contributed by atoms with Crippen LogP contribution in [-0.2, 0) is 0 Å². The van der Waals surface area contributed by atoms with Crippen molar-refractivity contribution in [2.24, 2.45) is 0 Å². The predicted octanol–water partition coefficient (Wildman–Crippen LogP) is 2.02. The van der Waals surface area contributed by atoms with Crippen molar-refractivity contribution in [1.82, 2.24) is 4.90 Å². The fourth-order valence-electron chi connectivity index (χ4n) is 2.31. The summed E-state index contributed by atoms with van der Waals surface area (Å²) in [4.78, 5) is 2.67. The van der Waals surface area contributed by atoms with Crippen LogP contribution in [0.3, 0.4) is 0 Å². The third-order valence-electron chi connectivity index (χ3n) is 3.30. The van der Waals surface area contributed by atoms with E-state index in [0.29, 0.717) is 5.54 Å². The van der Waals surface area contributed by atoms with E-state index in [1.807, 2.05) is 0 Å². The Hall–Kier alpha value is -0.0400. The Labute approximate surface area is 63.4 Å². The lowest BCUT2D eigenvalue weighted by atomic mass is 9.94. The molecule has 2 rings (SSSR count). The molecule has 1 saturated carbocycles. The van der Waals surface area contributed by atoms with Gasteiger partial charge >= 0.3 is 0 Å². The molecule has 1 saturated heterocycles. The molecule has 0 unspecified atom stereocenters. The first-order chi connectivity index (χ1) is 4.81. The van der Waals surface area contributed by atoms with E-state index < -0.39 is 0 Å². The van der Waals surface area contributed by atoms with Gasteiger partial charge in [-0.15, -0.1) is 0 Å². The molecule has 1 heterocycles. The predicted molar refractivity (Wildman–Crippen MR) is 43.1 cm³/mol. The Morgan fingerprint density at radius 2 is 1.60 bits per heavy atom. The highest BCUT2D eigenvalue weighted by molar-refractivity contribution is 4.93. The molecule has 0 radical (unpaired) electrons. The fraction of sp³-hybridized carbons (Fsp3) is 1.00. The van der Waals surface area contributed by atoms with Gasteiger partial charge < -0.3 is 0 Å². The zero-order valence-electron chi connectivity index (χ0n) is 6.90. The number of hydrogen-bond acceptors (Lipinski definition) is 1.